The number of rotatable bonds is 6. The Morgan fingerprint density at radius 1 is 1.40 bits per heavy atom. The van der Waals surface area contributed by atoms with Gasteiger partial charge in [0.2, 0.25) is 11.8 Å². The molecule has 2 rings (SSSR count). The summed E-state index contributed by atoms with van der Waals surface area (Å²) in [4.78, 5) is 11.0. The van der Waals surface area contributed by atoms with Crippen LogP contribution in [0.4, 0.5) is 5.95 Å². The van der Waals surface area contributed by atoms with E-state index >= 15 is 0 Å². The molecule has 0 aliphatic carbocycles. The molecule has 0 spiro atoms. The molecule has 1 aliphatic heterocycles. The molecule has 5 nitrogen and oxygen atoms in total. The zero-order chi connectivity index (χ0) is 14.4. The third kappa shape index (κ3) is 4.34. The maximum atomic E-state index is 5.15. The highest BCUT2D eigenvalue weighted by Gasteiger charge is 2.20. The van der Waals surface area contributed by atoms with Gasteiger partial charge in [0.1, 0.15) is 0 Å². The lowest BCUT2D eigenvalue weighted by Gasteiger charge is -2.32. The first-order chi connectivity index (χ1) is 9.69. The Labute approximate surface area is 121 Å². The maximum absolute atomic E-state index is 5.15. The minimum absolute atomic E-state index is 0.635. The van der Waals surface area contributed by atoms with Crippen LogP contribution in [0.3, 0.4) is 0 Å². The highest BCUT2D eigenvalue weighted by atomic mass is 16.5. The van der Waals surface area contributed by atoms with E-state index in [1.54, 1.807) is 19.4 Å². The van der Waals surface area contributed by atoms with Crippen molar-refractivity contribution in [2.75, 3.05) is 38.2 Å². The Morgan fingerprint density at radius 3 is 2.80 bits per heavy atom. The van der Waals surface area contributed by atoms with Crippen molar-refractivity contribution in [1.82, 2.24) is 15.3 Å². The van der Waals surface area contributed by atoms with Gasteiger partial charge in [-0.25, -0.2) is 4.98 Å². The molecule has 0 amide bonds. The lowest BCUT2D eigenvalue weighted by Crippen LogP contribution is -2.38. The van der Waals surface area contributed by atoms with Gasteiger partial charge in [0.15, 0.2) is 0 Å². The summed E-state index contributed by atoms with van der Waals surface area (Å²) in [6, 6.07) is 1.78. The molecule has 0 bridgehead atoms. The maximum Gasteiger partial charge on any atom is 0.228 e. The first-order valence-electron chi connectivity index (χ1n) is 7.51. The lowest BCUT2D eigenvalue weighted by atomic mass is 9.97. The molecule has 5 heteroatoms. The second-order valence-corrected chi connectivity index (χ2v) is 5.88. The molecule has 0 radical (unpaired) electrons. The van der Waals surface area contributed by atoms with Crippen molar-refractivity contribution in [3.05, 3.63) is 12.3 Å². The van der Waals surface area contributed by atoms with E-state index in [1.807, 2.05) is 0 Å². The highest BCUT2D eigenvalue weighted by Crippen LogP contribution is 2.21. The molecule has 20 heavy (non-hydrogen) atoms. The normalized spacial score (nSPS) is 16.7. The summed E-state index contributed by atoms with van der Waals surface area (Å²) in [6.45, 7) is 8.79. The number of nitrogens with zero attached hydrogens (tertiary/aromatic N) is 3. The fourth-order valence-corrected chi connectivity index (χ4v) is 2.51. The van der Waals surface area contributed by atoms with Gasteiger partial charge in [0, 0.05) is 25.4 Å². The second-order valence-electron chi connectivity index (χ2n) is 5.88. The van der Waals surface area contributed by atoms with Gasteiger partial charge in [-0.05, 0) is 37.8 Å². The summed E-state index contributed by atoms with van der Waals surface area (Å²) >= 11 is 0. The number of methoxy groups -OCH3 is 1. The first kappa shape index (κ1) is 15.0. The minimum atomic E-state index is 0.635. The Kier molecular flexibility index (Phi) is 5.59. The summed E-state index contributed by atoms with van der Waals surface area (Å²) in [5.41, 5.74) is 0. The first-order valence-corrected chi connectivity index (χ1v) is 7.51. The third-order valence-electron chi connectivity index (χ3n) is 3.71. The zero-order valence-corrected chi connectivity index (χ0v) is 12.8. The molecule has 0 atom stereocenters. The smallest absolute Gasteiger partial charge is 0.228 e. The Balaban J connectivity index is 1.78. The lowest BCUT2D eigenvalue weighted by molar-refractivity contribution is 0.368. The third-order valence-corrected chi connectivity index (χ3v) is 3.71. The summed E-state index contributed by atoms with van der Waals surface area (Å²) in [5.74, 6) is 2.92. The number of ether oxygens (including phenoxy) is 1. The number of piperidine rings is 1. The fourth-order valence-electron chi connectivity index (χ4n) is 2.51. The standard InChI is InChI=1S/C15H26N4O/c1-12(2)10-16-11-13-5-8-19(9-6-13)15-17-7-4-14(18-15)20-3/h4,7,12-13,16H,5-6,8-11H2,1-3H3. The van der Waals surface area contributed by atoms with E-state index in [4.69, 9.17) is 4.74 Å². The van der Waals surface area contributed by atoms with Crippen LogP contribution >= 0.6 is 0 Å². The van der Waals surface area contributed by atoms with E-state index in [2.05, 4.69) is 34.0 Å². The van der Waals surface area contributed by atoms with Crippen molar-refractivity contribution in [1.29, 1.82) is 0 Å². The van der Waals surface area contributed by atoms with Crippen molar-refractivity contribution in [3.8, 4) is 5.88 Å². The summed E-state index contributed by atoms with van der Waals surface area (Å²) < 4.78 is 5.15. The van der Waals surface area contributed by atoms with Gasteiger partial charge >= 0.3 is 0 Å². The van der Waals surface area contributed by atoms with Crippen LogP contribution in [0.5, 0.6) is 5.88 Å². The van der Waals surface area contributed by atoms with Crippen LogP contribution in [-0.4, -0.2) is 43.3 Å². The number of nitrogens with one attached hydrogen (secondary N) is 1. The van der Waals surface area contributed by atoms with E-state index in [9.17, 15) is 0 Å². The molecular formula is C15H26N4O. The van der Waals surface area contributed by atoms with Gasteiger partial charge in [-0.15, -0.1) is 0 Å². The van der Waals surface area contributed by atoms with Crippen LogP contribution < -0.4 is 15.0 Å². The Bertz CT molecular complexity index is 403. The summed E-state index contributed by atoms with van der Waals surface area (Å²) in [6.07, 6.45) is 4.16. The van der Waals surface area contributed by atoms with Crippen molar-refractivity contribution < 1.29 is 4.74 Å². The summed E-state index contributed by atoms with van der Waals surface area (Å²) in [7, 11) is 1.64. The minimum Gasteiger partial charge on any atom is -0.481 e. The molecule has 1 aliphatic rings. The molecule has 0 saturated carbocycles. The molecule has 1 N–H and O–H groups in total. The van der Waals surface area contributed by atoms with E-state index in [0.29, 0.717) is 5.88 Å². The van der Waals surface area contributed by atoms with E-state index < -0.39 is 0 Å². The van der Waals surface area contributed by atoms with Crippen LogP contribution in [0.1, 0.15) is 26.7 Å². The molecule has 112 valence electrons. The van der Waals surface area contributed by atoms with Crippen molar-refractivity contribution in [3.63, 3.8) is 0 Å². The van der Waals surface area contributed by atoms with Crippen LogP contribution in [-0.2, 0) is 0 Å². The highest BCUT2D eigenvalue weighted by molar-refractivity contribution is 5.32. The number of hydrogen-bond acceptors (Lipinski definition) is 5. The molecule has 1 fully saturated rings. The molecule has 1 aromatic rings. The average molecular weight is 278 g/mol. The van der Waals surface area contributed by atoms with Gasteiger partial charge in [-0.3, -0.25) is 0 Å². The van der Waals surface area contributed by atoms with Gasteiger partial charge in [-0.1, -0.05) is 13.8 Å². The average Bonchev–Trinajstić information content (AvgIpc) is 2.48. The molecule has 1 saturated heterocycles. The van der Waals surface area contributed by atoms with Gasteiger partial charge < -0.3 is 15.0 Å². The zero-order valence-electron chi connectivity index (χ0n) is 12.8. The predicted molar refractivity (Wildman–Crippen MR) is 81.2 cm³/mol. The predicted octanol–water partition coefficient (Wildman–Crippen LogP) is 1.95. The summed E-state index contributed by atoms with van der Waals surface area (Å²) in [5, 5.41) is 3.56. The van der Waals surface area contributed by atoms with Crippen LogP contribution in [0.2, 0.25) is 0 Å². The van der Waals surface area contributed by atoms with Gasteiger partial charge in [-0.2, -0.15) is 4.98 Å². The molecular weight excluding hydrogens is 252 g/mol. The SMILES string of the molecule is COc1ccnc(N2CCC(CNCC(C)C)CC2)n1. The van der Waals surface area contributed by atoms with Crippen molar-refractivity contribution >= 4 is 5.95 Å². The van der Waals surface area contributed by atoms with Crippen LogP contribution in [0, 0.1) is 11.8 Å². The Hall–Kier alpha value is -1.36. The molecule has 0 unspecified atom stereocenters. The molecule has 2 heterocycles. The van der Waals surface area contributed by atoms with Crippen molar-refractivity contribution in [2.45, 2.75) is 26.7 Å². The van der Waals surface area contributed by atoms with Gasteiger partial charge in [0.05, 0.1) is 7.11 Å². The van der Waals surface area contributed by atoms with E-state index in [0.717, 1.165) is 44.0 Å². The second kappa shape index (κ2) is 7.43. The van der Waals surface area contributed by atoms with Crippen molar-refractivity contribution in [2.24, 2.45) is 11.8 Å². The largest absolute Gasteiger partial charge is 0.481 e. The molecule has 0 aromatic carbocycles. The Morgan fingerprint density at radius 2 is 2.15 bits per heavy atom. The van der Waals surface area contributed by atoms with Crippen LogP contribution in [0.15, 0.2) is 12.3 Å². The van der Waals surface area contributed by atoms with E-state index in [1.165, 1.54) is 12.8 Å². The monoisotopic (exact) mass is 278 g/mol. The number of hydrogen-bond donors (Lipinski definition) is 1. The van der Waals surface area contributed by atoms with Gasteiger partial charge in [0.25, 0.3) is 0 Å². The number of aromatic nitrogens is 2. The molecule has 1 aromatic heterocycles. The fraction of sp³-hybridized carbons (Fsp3) is 0.733. The quantitative estimate of drug-likeness (QED) is 0.862. The topological polar surface area (TPSA) is 50.3 Å². The number of anilines is 1. The van der Waals surface area contributed by atoms with Crippen LogP contribution in [0.25, 0.3) is 0 Å². The van der Waals surface area contributed by atoms with E-state index in [-0.39, 0.29) is 0 Å².